The van der Waals surface area contributed by atoms with E-state index < -0.39 is 0 Å². The van der Waals surface area contributed by atoms with Crippen LogP contribution in [0.4, 0.5) is 0 Å². The van der Waals surface area contributed by atoms with Gasteiger partial charge in [0.1, 0.15) is 0 Å². The predicted octanol–water partition coefficient (Wildman–Crippen LogP) is 3.15. The van der Waals surface area contributed by atoms with Crippen LogP contribution in [0.15, 0.2) is 24.3 Å². The molecule has 2 unspecified atom stereocenters. The smallest absolute Gasteiger partial charge is 0.0635 e. The van der Waals surface area contributed by atoms with Crippen LogP contribution in [0.2, 0.25) is 0 Å². The van der Waals surface area contributed by atoms with Crippen LogP contribution in [-0.4, -0.2) is 23.5 Å². The zero-order valence-corrected chi connectivity index (χ0v) is 12.5. The molecule has 0 saturated heterocycles. The van der Waals surface area contributed by atoms with Gasteiger partial charge < -0.3 is 5.73 Å². The third-order valence-corrected chi connectivity index (χ3v) is 4.15. The van der Waals surface area contributed by atoms with Gasteiger partial charge in [0.25, 0.3) is 0 Å². The molecule has 3 heteroatoms. The largest absolute Gasteiger partial charge is 0.326 e. The van der Waals surface area contributed by atoms with Crippen molar-refractivity contribution >= 4 is 0 Å². The fourth-order valence-corrected chi connectivity index (χ4v) is 2.81. The molecule has 2 N–H and O–H groups in total. The van der Waals surface area contributed by atoms with Gasteiger partial charge in [-0.1, -0.05) is 36.8 Å². The van der Waals surface area contributed by atoms with Crippen LogP contribution >= 0.6 is 0 Å². The van der Waals surface area contributed by atoms with Crippen LogP contribution in [0.5, 0.6) is 0 Å². The van der Waals surface area contributed by atoms with Gasteiger partial charge in [0, 0.05) is 25.0 Å². The van der Waals surface area contributed by atoms with E-state index in [9.17, 15) is 0 Å². The first-order valence-electron chi connectivity index (χ1n) is 7.62. The van der Waals surface area contributed by atoms with Gasteiger partial charge in [0.2, 0.25) is 0 Å². The Morgan fingerprint density at radius 2 is 2.00 bits per heavy atom. The normalized spacial score (nSPS) is 17.8. The Labute approximate surface area is 122 Å². The number of benzene rings is 1. The Kier molecular flexibility index (Phi) is 5.17. The van der Waals surface area contributed by atoms with Crippen molar-refractivity contribution in [2.24, 2.45) is 5.73 Å². The molecule has 3 nitrogen and oxygen atoms in total. The van der Waals surface area contributed by atoms with Gasteiger partial charge in [-0.2, -0.15) is 5.26 Å². The molecule has 1 saturated carbocycles. The van der Waals surface area contributed by atoms with Crippen LogP contribution in [0, 0.1) is 18.3 Å². The maximum Gasteiger partial charge on any atom is 0.0635 e. The summed E-state index contributed by atoms with van der Waals surface area (Å²) in [7, 11) is 0. The topological polar surface area (TPSA) is 53.0 Å². The molecule has 0 spiro atoms. The first kappa shape index (κ1) is 15.0. The summed E-state index contributed by atoms with van der Waals surface area (Å²) in [4.78, 5) is 2.46. The number of hydrogen-bond acceptors (Lipinski definition) is 3. The molecule has 1 aliphatic carbocycles. The van der Waals surface area contributed by atoms with Crippen molar-refractivity contribution in [3.8, 4) is 6.07 Å². The van der Waals surface area contributed by atoms with Crippen LogP contribution < -0.4 is 5.73 Å². The highest BCUT2D eigenvalue weighted by atomic mass is 15.2. The highest BCUT2D eigenvalue weighted by Gasteiger charge is 2.36. The Bertz CT molecular complexity index is 456. The van der Waals surface area contributed by atoms with Crippen LogP contribution in [0.3, 0.4) is 0 Å². The zero-order valence-electron chi connectivity index (χ0n) is 12.5. The lowest BCUT2D eigenvalue weighted by molar-refractivity contribution is 0.163. The van der Waals surface area contributed by atoms with Gasteiger partial charge in [-0.3, -0.25) is 4.90 Å². The molecule has 0 radical (unpaired) electrons. The number of nitrogens with two attached hydrogens (primary N) is 1. The summed E-state index contributed by atoms with van der Waals surface area (Å²) >= 11 is 0. The van der Waals surface area contributed by atoms with E-state index in [1.54, 1.807) is 0 Å². The molecule has 0 heterocycles. The molecule has 0 amide bonds. The molecule has 2 atom stereocenters. The molecule has 108 valence electrons. The van der Waals surface area contributed by atoms with Crippen LogP contribution in [-0.2, 0) is 0 Å². The van der Waals surface area contributed by atoms with Crippen molar-refractivity contribution in [3.63, 3.8) is 0 Å². The van der Waals surface area contributed by atoms with E-state index in [-0.39, 0.29) is 12.1 Å². The summed E-state index contributed by atoms with van der Waals surface area (Å²) in [5.74, 6) is 0. The van der Waals surface area contributed by atoms with E-state index in [1.807, 2.05) is 0 Å². The van der Waals surface area contributed by atoms with E-state index >= 15 is 0 Å². The summed E-state index contributed by atoms with van der Waals surface area (Å²) in [6.45, 7) is 5.07. The lowest BCUT2D eigenvalue weighted by Gasteiger charge is -2.35. The van der Waals surface area contributed by atoms with Crippen molar-refractivity contribution in [2.45, 2.75) is 57.7 Å². The third kappa shape index (κ3) is 3.59. The molecule has 0 bridgehead atoms. The highest BCUT2D eigenvalue weighted by molar-refractivity contribution is 5.26. The second kappa shape index (κ2) is 6.88. The zero-order chi connectivity index (χ0) is 14.5. The number of aryl methyl sites for hydroxylation is 1. The number of nitrogens with zero attached hydrogens (tertiary/aromatic N) is 2. The van der Waals surface area contributed by atoms with Gasteiger partial charge in [0.05, 0.1) is 12.1 Å². The van der Waals surface area contributed by atoms with Gasteiger partial charge in [0.15, 0.2) is 0 Å². The molecule has 20 heavy (non-hydrogen) atoms. The lowest BCUT2D eigenvalue weighted by Crippen LogP contribution is -2.42. The van der Waals surface area contributed by atoms with Crippen molar-refractivity contribution in [1.29, 1.82) is 5.26 Å². The van der Waals surface area contributed by atoms with Crippen molar-refractivity contribution < 1.29 is 0 Å². The van der Waals surface area contributed by atoms with Gasteiger partial charge in [-0.25, -0.2) is 0 Å². The minimum Gasteiger partial charge on any atom is -0.326 e. The van der Waals surface area contributed by atoms with E-state index in [0.29, 0.717) is 12.5 Å². The van der Waals surface area contributed by atoms with E-state index in [1.165, 1.54) is 24.0 Å². The number of nitriles is 1. The molecular formula is C17H25N3. The predicted molar refractivity (Wildman–Crippen MR) is 82.1 cm³/mol. The maximum absolute atomic E-state index is 8.89. The summed E-state index contributed by atoms with van der Waals surface area (Å²) in [5, 5.41) is 8.89. The van der Waals surface area contributed by atoms with Crippen LogP contribution in [0.1, 0.15) is 49.8 Å². The standard InChI is InChI=1S/C17H25N3/c1-3-16(19)17(14-7-5-13(2)6-8-14)20(12-4-11-18)15-9-10-15/h5-8,15-17H,3-4,9-10,12,19H2,1-2H3. The summed E-state index contributed by atoms with van der Waals surface area (Å²) < 4.78 is 0. The molecular weight excluding hydrogens is 246 g/mol. The molecule has 1 aromatic carbocycles. The van der Waals surface area contributed by atoms with E-state index in [4.69, 9.17) is 11.0 Å². The lowest BCUT2D eigenvalue weighted by atomic mass is 9.95. The van der Waals surface area contributed by atoms with Gasteiger partial charge >= 0.3 is 0 Å². The fourth-order valence-electron chi connectivity index (χ4n) is 2.81. The van der Waals surface area contributed by atoms with E-state index in [0.717, 1.165) is 13.0 Å². The fraction of sp³-hybridized carbons (Fsp3) is 0.588. The Balaban J connectivity index is 2.25. The quantitative estimate of drug-likeness (QED) is 0.829. The third-order valence-electron chi connectivity index (χ3n) is 4.15. The van der Waals surface area contributed by atoms with Crippen molar-refractivity contribution in [3.05, 3.63) is 35.4 Å². The van der Waals surface area contributed by atoms with Crippen LogP contribution in [0.25, 0.3) is 0 Å². The van der Waals surface area contributed by atoms with Gasteiger partial charge in [-0.05, 0) is 31.7 Å². The van der Waals surface area contributed by atoms with Crippen molar-refractivity contribution in [1.82, 2.24) is 4.90 Å². The molecule has 1 aliphatic rings. The SMILES string of the molecule is CCC(N)C(c1ccc(C)cc1)N(CCC#N)C1CC1. The minimum absolute atomic E-state index is 0.122. The Hall–Kier alpha value is -1.37. The monoisotopic (exact) mass is 271 g/mol. The summed E-state index contributed by atoms with van der Waals surface area (Å²) in [6, 6.07) is 11.9. The summed E-state index contributed by atoms with van der Waals surface area (Å²) in [5.41, 5.74) is 8.96. The molecule has 0 aliphatic heterocycles. The minimum atomic E-state index is 0.122. The van der Waals surface area contributed by atoms with Gasteiger partial charge in [-0.15, -0.1) is 0 Å². The molecule has 0 aromatic heterocycles. The van der Waals surface area contributed by atoms with Crippen molar-refractivity contribution in [2.75, 3.05) is 6.54 Å². The van der Waals surface area contributed by atoms with E-state index in [2.05, 4.69) is 49.1 Å². The second-order valence-corrected chi connectivity index (χ2v) is 5.80. The molecule has 2 rings (SSSR count). The average Bonchev–Trinajstić information content (AvgIpc) is 3.28. The Morgan fingerprint density at radius 1 is 1.35 bits per heavy atom. The maximum atomic E-state index is 8.89. The first-order chi connectivity index (χ1) is 9.67. The molecule has 1 fully saturated rings. The number of hydrogen-bond donors (Lipinski definition) is 1. The first-order valence-corrected chi connectivity index (χ1v) is 7.62. The molecule has 1 aromatic rings. The average molecular weight is 271 g/mol. The highest BCUT2D eigenvalue weighted by Crippen LogP contribution is 2.36. The number of rotatable bonds is 7. The summed E-state index contributed by atoms with van der Waals surface area (Å²) in [6.07, 6.45) is 4.01. The Morgan fingerprint density at radius 3 is 2.50 bits per heavy atom. The second-order valence-electron chi connectivity index (χ2n) is 5.80.